The van der Waals surface area contributed by atoms with Gasteiger partial charge in [0.25, 0.3) is 0 Å². The van der Waals surface area contributed by atoms with Crippen molar-refractivity contribution in [1.82, 2.24) is 5.32 Å². The van der Waals surface area contributed by atoms with Gasteiger partial charge in [-0.05, 0) is 39.2 Å². The highest BCUT2D eigenvalue weighted by molar-refractivity contribution is 5.79. The standard InChI is InChI=1S/C10H20N2O/c1-8(4-3-7-11)12-10(13)9-5-2-6-9/h8-9H,2-7,11H2,1H3,(H,12,13). The molecule has 1 unspecified atom stereocenters. The second-order valence-corrected chi connectivity index (χ2v) is 3.97. The fourth-order valence-electron chi connectivity index (χ4n) is 1.53. The molecule has 0 aromatic heterocycles. The Labute approximate surface area is 80.1 Å². The highest BCUT2D eigenvalue weighted by atomic mass is 16.1. The van der Waals surface area contributed by atoms with E-state index in [0.29, 0.717) is 12.5 Å². The van der Waals surface area contributed by atoms with Gasteiger partial charge in [-0.3, -0.25) is 4.79 Å². The molecule has 0 bridgehead atoms. The highest BCUT2D eigenvalue weighted by Gasteiger charge is 2.25. The van der Waals surface area contributed by atoms with Crippen LogP contribution in [0.2, 0.25) is 0 Å². The molecule has 0 radical (unpaired) electrons. The van der Waals surface area contributed by atoms with E-state index < -0.39 is 0 Å². The maximum absolute atomic E-state index is 11.5. The summed E-state index contributed by atoms with van der Waals surface area (Å²) >= 11 is 0. The zero-order chi connectivity index (χ0) is 9.68. The Bertz CT molecular complexity index is 166. The van der Waals surface area contributed by atoms with Crippen molar-refractivity contribution in [1.29, 1.82) is 0 Å². The van der Waals surface area contributed by atoms with Gasteiger partial charge in [0.1, 0.15) is 0 Å². The van der Waals surface area contributed by atoms with Gasteiger partial charge >= 0.3 is 0 Å². The average Bonchev–Trinajstić information content (AvgIpc) is 1.97. The molecule has 3 N–H and O–H groups in total. The lowest BCUT2D eigenvalue weighted by Crippen LogP contribution is -2.39. The van der Waals surface area contributed by atoms with Crippen molar-refractivity contribution in [2.24, 2.45) is 11.7 Å². The third-order valence-electron chi connectivity index (χ3n) is 2.71. The first-order valence-electron chi connectivity index (χ1n) is 5.24. The van der Waals surface area contributed by atoms with Gasteiger partial charge in [0, 0.05) is 12.0 Å². The topological polar surface area (TPSA) is 55.1 Å². The van der Waals surface area contributed by atoms with Gasteiger partial charge in [-0.2, -0.15) is 0 Å². The molecule has 0 heterocycles. The minimum Gasteiger partial charge on any atom is -0.353 e. The summed E-state index contributed by atoms with van der Waals surface area (Å²) in [5.41, 5.74) is 5.39. The van der Waals surface area contributed by atoms with Crippen molar-refractivity contribution in [2.45, 2.75) is 45.1 Å². The van der Waals surface area contributed by atoms with Crippen LogP contribution in [0.15, 0.2) is 0 Å². The molecule has 13 heavy (non-hydrogen) atoms. The first kappa shape index (κ1) is 10.5. The Morgan fingerprint density at radius 3 is 2.77 bits per heavy atom. The maximum atomic E-state index is 11.5. The predicted molar refractivity (Wildman–Crippen MR) is 53.2 cm³/mol. The molecule has 76 valence electrons. The Morgan fingerprint density at radius 2 is 2.31 bits per heavy atom. The lowest BCUT2D eigenvalue weighted by Gasteiger charge is -2.26. The summed E-state index contributed by atoms with van der Waals surface area (Å²) < 4.78 is 0. The molecule has 0 spiro atoms. The zero-order valence-corrected chi connectivity index (χ0v) is 8.38. The quantitative estimate of drug-likeness (QED) is 0.670. The molecule has 0 aromatic rings. The van der Waals surface area contributed by atoms with Crippen molar-refractivity contribution < 1.29 is 4.79 Å². The number of amides is 1. The van der Waals surface area contributed by atoms with Crippen LogP contribution in [0.5, 0.6) is 0 Å². The second-order valence-electron chi connectivity index (χ2n) is 3.97. The van der Waals surface area contributed by atoms with E-state index in [0.717, 1.165) is 25.7 Å². The lowest BCUT2D eigenvalue weighted by atomic mass is 9.84. The third kappa shape index (κ3) is 3.35. The lowest BCUT2D eigenvalue weighted by molar-refractivity contribution is -0.128. The first-order chi connectivity index (χ1) is 6.24. The molecule has 0 aliphatic heterocycles. The second kappa shape index (κ2) is 5.22. The molecular formula is C10H20N2O. The summed E-state index contributed by atoms with van der Waals surface area (Å²) in [6, 6.07) is 0.289. The number of rotatable bonds is 5. The van der Waals surface area contributed by atoms with Gasteiger partial charge < -0.3 is 11.1 Å². The van der Waals surface area contributed by atoms with Crippen molar-refractivity contribution in [3.8, 4) is 0 Å². The number of carbonyl (C=O) groups is 1. The van der Waals surface area contributed by atoms with Crippen molar-refractivity contribution >= 4 is 5.91 Å². The molecule has 3 heteroatoms. The summed E-state index contributed by atoms with van der Waals surface area (Å²) in [6.45, 7) is 2.76. The summed E-state index contributed by atoms with van der Waals surface area (Å²) in [5.74, 6) is 0.552. The molecule has 1 aliphatic carbocycles. The number of nitrogens with one attached hydrogen (secondary N) is 1. The normalized spacial score (nSPS) is 19.2. The van der Waals surface area contributed by atoms with Crippen LogP contribution < -0.4 is 11.1 Å². The van der Waals surface area contributed by atoms with Crippen LogP contribution in [0, 0.1) is 5.92 Å². The van der Waals surface area contributed by atoms with Gasteiger partial charge in [-0.1, -0.05) is 6.42 Å². The van der Waals surface area contributed by atoms with E-state index in [-0.39, 0.29) is 11.9 Å². The van der Waals surface area contributed by atoms with Gasteiger partial charge in [0.15, 0.2) is 0 Å². The molecule has 1 rings (SSSR count). The highest BCUT2D eigenvalue weighted by Crippen LogP contribution is 2.26. The molecular weight excluding hydrogens is 164 g/mol. The molecule has 3 nitrogen and oxygen atoms in total. The molecule has 1 fully saturated rings. The number of hydrogen-bond donors (Lipinski definition) is 2. The monoisotopic (exact) mass is 184 g/mol. The van der Waals surface area contributed by atoms with E-state index in [1.807, 2.05) is 6.92 Å². The van der Waals surface area contributed by atoms with Crippen LogP contribution >= 0.6 is 0 Å². The fraction of sp³-hybridized carbons (Fsp3) is 0.900. The van der Waals surface area contributed by atoms with Gasteiger partial charge in [-0.15, -0.1) is 0 Å². The van der Waals surface area contributed by atoms with Crippen LogP contribution in [0.1, 0.15) is 39.0 Å². The van der Waals surface area contributed by atoms with E-state index in [1.165, 1.54) is 6.42 Å². The largest absolute Gasteiger partial charge is 0.353 e. The summed E-state index contributed by atoms with van der Waals surface area (Å²) in [4.78, 5) is 11.5. The number of nitrogens with two attached hydrogens (primary N) is 1. The van der Waals surface area contributed by atoms with Crippen molar-refractivity contribution in [3.05, 3.63) is 0 Å². The Hall–Kier alpha value is -0.570. The van der Waals surface area contributed by atoms with E-state index in [9.17, 15) is 4.79 Å². The molecule has 1 saturated carbocycles. The maximum Gasteiger partial charge on any atom is 0.223 e. The molecule has 1 atom stereocenters. The fourth-order valence-corrected chi connectivity index (χ4v) is 1.53. The number of carbonyl (C=O) groups excluding carboxylic acids is 1. The summed E-state index contributed by atoms with van der Waals surface area (Å²) in [5, 5.41) is 3.02. The van der Waals surface area contributed by atoms with E-state index in [2.05, 4.69) is 5.32 Å². The van der Waals surface area contributed by atoms with E-state index >= 15 is 0 Å². The van der Waals surface area contributed by atoms with Crippen LogP contribution in [0.25, 0.3) is 0 Å². The van der Waals surface area contributed by atoms with Gasteiger partial charge in [0.05, 0.1) is 0 Å². The third-order valence-corrected chi connectivity index (χ3v) is 2.71. The Balaban J connectivity index is 2.11. The minimum atomic E-state index is 0.246. The molecule has 1 amide bonds. The Morgan fingerprint density at radius 1 is 1.62 bits per heavy atom. The summed E-state index contributed by atoms with van der Waals surface area (Å²) in [6.07, 6.45) is 5.36. The van der Waals surface area contributed by atoms with Crippen molar-refractivity contribution in [2.75, 3.05) is 6.54 Å². The van der Waals surface area contributed by atoms with Gasteiger partial charge in [0.2, 0.25) is 5.91 Å². The average molecular weight is 184 g/mol. The van der Waals surface area contributed by atoms with Crippen LogP contribution in [0.4, 0.5) is 0 Å². The van der Waals surface area contributed by atoms with Crippen LogP contribution in [-0.2, 0) is 4.79 Å². The first-order valence-corrected chi connectivity index (χ1v) is 5.24. The smallest absolute Gasteiger partial charge is 0.223 e. The molecule has 0 saturated heterocycles. The van der Waals surface area contributed by atoms with E-state index in [4.69, 9.17) is 5.73 Å². The van der Waals surface area contributed by atoms with Crippen LogP contribution in [0.3, 0.4) is 0 Å². The van der Waals surface area contributed by atoms with Crippen LogP contribution in [-0.4, -0.2) is 18.5 Å². The molecule has 0 aromatic carbocycles. The van der Waals surface area contributed by atoms with Gasteiger partial charge in [-0.25, -0.2) is 0 Å². The number of hydrogen-bond acceptors (Lipinski definition) is 2. The summed E-state index contributed by atoms with van der Waals surface area (Å²) in [7, 11) is 0. The minimum absolute atomic E-state index is 0.246. The SMILES string of the molecule is CC(CCCN)NC(=O)C1CCC1. The zero-order valence-electron chi connectivity index (χ0n) is 8.38. The molecule has 1 aliphatic rings. The van der Waals surface area contributed by atoms with Crippen molar-refractivity contribution in [3.63, 3.8) is 0 Å². The predicted octanol–water partition coefficient (Wildman–Crippen LogP) is 1.03. The van der Waals surface area contributed by atoms with E-state index in [1.54, 1.807) is 0 Å². The Kier molecular flexibility index (Phi) is 4.22.